The van der Waals surface area contributed by atoms with Crippen molar-refractivity contribution in [3.63, 3.8) is 0 Å². The van der Waals surface area contributed by atoms with Crippen molar-refractivity contribution in [1.29, 1.82) is 0 Å². The van der Waals surface area contributed by atoms with Crippen molar-refractivity contribution < 1.29 is 8.42 Å². The van der Waals surface area contributed by atoms with Crippen LogP contribution in [0, 0.1) is 6.92 Å². The highest BCUT2D eigenvalue weighted by molar-refractivity contribution is 7.89. The second kappa shape index (κ2) is 5.59. The third kappa shape index (κ3) is 3.22. The molecule has 1 aliphatic heterocycles. The van der Waals surface area contributed by atoms with Gasteiger partial charge in [-0.3, -0.25) is 4.90 Å². The lowest BCUT2D eigenvalue weighted by Gasteiger charge is -2.18. The predicted molar refractivity (Wildman–Crippen MR) is 84.0 cm³/mol. The second-order valence-corrected chi connectivity index (χ2v) is 7.93. The van der Waals surface area contributed by atoms with E-state index >= 15 is 0 Å². The monoisotopic (exact) mass is 309 g/mol. The third-order valence-electron chi connectivity index (χ3n) is 4.43. The summed E-state index contributed by atoms with van der Waals surface area (Å²) in [4.78, 5) is 2.86. The van der Waals surface area contributed by atoms with E-state index in [-0.39, 0.29) is 0 Å². The minimum Gasteiger partial charge on any atom is -0.381 e. The summed E-state index contributed by atoms with van der Waals surface area (Å²) in [5.41, 5.74) is 2.00. The van der Waals surface area contributed by atoms with Gasteiger partial charge in [-0.2, -0.15) is 0 Å². The van der Waals surface area contributed by atoms with Crippen molar-refractivity contribution in [3.05, 3.63) is 23.8 Å². The highest BCUT2D eigenvalue weighted by Gasteiger charge is 2.34. The molecule has 2 fully saturated rings. The van der Waals surface area contributed by atoms with E-state index in [1.807, 2.05) is 13.0 Å². The average molecular weight is 309 g/mol. The molecule has 1 unspecified atom stereocenters. The van der Waals surface area contributed by atoms with Gasteiger partial charge in [-0.25, -0.2) is 13.1 Å². The van der Waals surface area contributed by atoms with Crippen LogP contribution in [0.5, 0.6) is 0 Å². The minimum atomic E-state index is -3.39. The topological polar surface area (TPSA) is 61.4 Å². The standard InChI is InChI=1S/C15H23N3O2S/c1-11-3-6-14(21(19,20)16-2)9-15(11)17-12-7-8-18(10-12)13-4-5-13/h3,6,9,12-13,16-17H,4-5,7-8,10H2,1-2H3. The fourth-order valence-corrected chi connectivity index (χ4v) is 3.69. The summed E-state index contributed by atoms with van der Waals surface area (Å²) in [5, 5.41) is 3.52. The zero-order valence-corrected chi connectivity index (χ0v) is 13.4. The Kier molecular flexibility index (Phi) is 3.94. The number of benzene rings is 1. The largest absolute Gasteiger partial charge is 0.381 e. The minimum absolute atomic E-state index is 0.315. The third-order valence-corrected chi connectivity index (χ3v) is 5.84. The number of nitrogens with zero attached hydrogens (tertiary/aromatic N) is 1. The molecule has 6 heteroatoms. The normalized spacial score (nSPS) is 23.4. The van der Waals surface area contributed by atoms with Crippen LogP contribution >= 0.6 is 0 Å². The van der Waals surface area contributed by atoms with Crippen LogP contribution in [0.1, 0.15) is 24.8 Å². The van der Waals surface area contributed by atoms with Gasteiger partial charge in [0.2, 0.25) is 10.0 Å². The molecule has 1 atom stereocenters. The Morgan fingerprint density at radius 1 is 1.24 bits per heavy atom. The van der Waals surface area contributed by atoms with Crippen molar-refractivity contribution in [3.8, 4) is 0 Å². The average Bonchev–Trinajstić information content (AvgIpc) is 3.21. The molecule has 0 aromatic heterocycles. The molecule has 0 spiro atoms. The first kappa shape index (κ1) is 14.8. The molecule has 1 aromatic carbocycles. The van der Waals surface area contributed by atoms with Gasteiger partial charge in [0.1, 0.15) is 0 Å². The van der Waals surface area contributed by atoms with E-state index in [9.17, 15) is 8.42 Å². The quantitative estimate of drug-likeness (QED) is 0.866. The van der Waals surface area contributed by atoms with Crippen LogP contribution in [-0.4, -0.2) is 45.5 Å². The Morgan fingerprint density at radius 3 is 2.67 bits per heavy atom. The zero-order chi connectivity index (χ0) is 15.0. The van der Waals surface area contributed by atoms with E-state index in [2.05, 4.69) is 14.9 Å². The number of hydrogen-bond acceptors (Lipinski definition) is 4. The Hall–Kier alpha value is -1.11. The Morgan fingerprint density at radius 2 is 2.00 bits per heavy atom. The first-order chi connectivity index (χ1) is 9.99. The van der Waals surface area contributed by atoms with Crippen LogP contribution in [0.25, 0.3) is 0 Å². The molecule has 21 heavy (non-hydrogen) atoms. The first-order valence-corrected chi connectivity index (χ1v) is 9.03. The Bertz CT molecular complexity index is 626. The van der Waals surface area contributed by atoms with Crippen LogP contribution < -0.4 is 10.0 Å². The summed E-state index contributed by atoms with van der Waals surface area (Å²) in [6.45, 7) is 4.22. The predicted octanol–water partition coefficient (Wildman–Crippen LogP) is 1.55. The van der Waals surface area contributed by atoms with Crippen LogP contribution in [0.4, 0.5) is 5.69 Å². The van der Waals surface area contributed by atoms with Gasteiger partial charge in [0.25, 0.3) is 0 Å². The number of aryl methyl sites for hydroxylation is 1. The van der Waals surface area contributed by atoms with Crippen LogP contribution in [0.2, 0.25) is 0 Å². The van der Waals surface area contributed by atoms with Gasteiger partial charge in [0.15, 0.2) is 0 Å². The summed E-state index contributed by atoms with van der Waals surface area (Å²) < 4.78 is 26.2. The lowest BCUT2D eigenvalue weighted by atomic mass is 10.1. The fourth-order valence-electron chi connectivity index (χ4n) is 2.94. The summed E-state index contributed by atoms with van der Waals surface area (Å²) in [7, 11) is -1.95. The first-order valence-electron chi connectivity index (χ1n) is 7.54. The number of nitrogens with one attached hydrogen (secondary N) is 2. The highest BCUT2D eigenvalue weighted by atomic mass is 32.2. The van der Waals surface area contributed by atoms with E-state index in [4.69, 9.17) is 0 Å². The van der Waals surface area contributed by atoms with Gasteiger partial charge >= 0.3 is 0 Å². The van der Waals surface area contributed by atoms with Crippen LogP contribution in [0.15, 0.2) is 23.1 Å². The lowest BCUT2D eigenvalue weighted by molar-refractivity contribution is 0.326. The van der Waals surface area contributed by atoms with Gasteiger partial charge in [-0.05, 0) is 50.9 Å². The maximum atomic E-state index is 11.9. The van der Waals surface area contributed by atoms with E-state index < -0.39 is 10.0 Å². The number of anilines is 1. The zero-order valence-electron chi connectivity index (χ0n) is 12.6. The lowest BCUT2D eigenvalue weighted by Crippen LogP contribution is -2.28. The SMILES string of the molecule is CNS(=O)(=O)c1ccc(C)c(NC2CCN(C3CC3)C2)c1. The summed E-state index contributed by atoms with van der Waals surface area (Å²) >= 11 is 0. The molecule has 1 aromatic rings. The van der Waals surface area contributed by atoms with E-state index in [1.165, 1.54) is 19.9 Å². The van der Waals surface area contributed by atoms with E-state index in [0.717, 1.165) is 36.8 Å². The van der Waals surface area contributed by atoms with Gasteiger partial charge in [0.05, 0.1) is 4.90 Å². The van der Waals surface area contributed by atoms with Gasteiger partial charge in [-0.1, -0.05) is 6.07 Å². The highest BCUT2D eigenvalue weighted by Crippen LogP contribution is 2.31. The van der Waals surface area contributed by atoms with Crippen LogP contribution in [0.3, 0.4) is 0 Å². The molecule has 0 bridgehead atoms. The molecule has 1 saturated heterocycles. The molecule has 1 saturated carbocycles. The van der Waals surface area contributed by atoms with Crippen molar-refractivity contribution in [2.24, 2.45) is 0 Å². The fraction of sp³-hybridized carbons (Fsp3) is 0.600. The van der Waals surface area contributed by atoms with Gasteiger partial charge in [-0.15, -0.1) is 0 Å². The molecule has 1 heterocycles. The molecule has 1 aliphatic carbocycles. The smallest absolute Gasteiger partial charge is 0.240 e. The number of rotatable bonds is 5. The second-order valence-electron chi connectivity index (χ2n) is 6.04. The van der Waals surface area contributed by atoms with Crippen molar-refractivity contribution in [2.75, 3.05) is 25.5 Å². The molecule has 3 rings (SSSR count). The summed E-state index contributed by atoms with van der Waals surface area (Å²) in [6.07, 6.45) is 3.79. The Labute approximate surface area is 126 Å². The summed E-state index contributed by atoms with van der Waals surface area (Å²) in [6, 6.07) is 6.46. The summed E-state index contributed by atoms with van der Waals surface area (Å²) in [5.74, 6) is 0. The van der Waals surface area contributed by atoms with Crippen molar-refractivity contribution in [2.45, 2.75) is 43.2 Å². The van der Waals surface area contributed by atoms with Gasteiger partial charge in [0, 0.05) is 30.9 Å². The number of hydrogen-bond donors (Lipinski definition) is 2. The van der Waals surface area contributed by atoms with Crippen molar-refractivity contribution in [1.82, 2.24) is 9.62 Å². The molecule has 5 nitrogen and oxygen atoms in total. The molecule has 2 aliphatic rings. The Balaban J connectivity index is 1.74. The van der Waals surface area contributed by atoms with Crippen molar-refractivity contribution >= 4 is 15.7 Å². The maximum absolute atomic E-state index is 11.9. The molecule has 2 N–H and O–H groups in total. The van der Waals surface area contributed by atoms with E-state index in [0.29, 0.717) is 10.9 Å². The van der Waals surface area contributed by atoms with Crippen LogP contribution in [-0.2, 0) is 10.0 Å². The van der Waals surface area contributed by atoms with E-state index in [1.54, 1.807) is 12.1 Å². The molecule has 0 amide bonds. The molecular weight excluding hydrogens is 286 g/mol. The number of likely N-dealkylation sites (tertiary alicyclic amines) is 1. The van der Waals surface area contributed by atoms with Gasteiger partial charge < -0.3 is 5.32 Å². The molecule has 0 radical (unpaired) electrons. The number of sulfonamides is 1. The maximum Gasteiger partial charge on any atom is 0.240 e. The molecular formula is C15H23N3O2S. The molecule has 116 valence electrons.